The van der Waals surface area contributed by atoms with Crippen LogP contribution in [0.2, 0.25) is 0 Å². The van der Waals surface area contributed by atoms with Gasteiger partial charge in [-0.2, -0.15) is 16.6 Å². The van der Waals surface area contributed by atoms with Gasteiger partial charge in [-0.25, -0.2) is 0 Å². The molecule has 1 aliphatic rings. The topological polar surface area (TPSA) is 65.4 Å². The van der Waals surface area contributed by atoms with Crippen molar-refractivity contribution in [2.75, 3.05) is 36.5 Å². The number of morpholine rings is 1. The Hall–Kier alpha value is -2.62. The molecule has 1 aliphatic heterocycles. The second-order valence-electron chi connectivity index (χ2n) is 5.33. The van der Waals surface area contributed by atoms with Crippen molar-refractivity contribution in [2.24, 2.45) is 0 Å². The number of hydrogen-bond acceptors (Lipinski definition) is 5. The maximum Gasteiger partial charge on any atom is 0.266 e. The standard InChI is InChI=1S/C18H17N3O2S/c19-12-15(11-14-5-10-24-13-14)18(22)20-16-1-3-17(4-2-16)21-6-8-23-9-7-21/h1-5,10-11,13H,6-9H2,(H,20,22)/b15-11+. The minimum Gasteiger partial charge on any atom is -0.378 e. The van der Waals surface area contributed by atoms with Crippen LogP contribution in [0.3, 0.4) is 0 Å². The minimum atomic E-state index is -0.400. The number of nitriles is 1. The van der Waals surface area contributed by atoms with Gasteiger partial charge in [-0.3, -0.25) is 4.79 Å². The van der Waals surface area contributed by atoms with Crippen molar-refractivity contribution >= 4 is 34.7 Å². The molecule has 0 aliphatic carbocycles. The first-order valence-electron chi connectivity index (χ1n) is 7.64. The second-order valence-corrected chi connectivity index (χ2v) is 6.11. The molecule has 0 unspecified atom stereocenters. The molecule has 1 amide bonds. The molecule has 2 aromatic rings. The molecule has 0 saturated carbocycles. The van der Waals surface area contributed by atoms with E-state index in [1.807, 2.05) is 47.2 Å². The summed E-state index contributed by atoms with van der Waals surface area (Å²) in [5.74, 6) is -0.400. The summed E-state index contributed by atoms with van der Waals surface area (Å²) >= 11 is 1.52. The van der Waals surface area contributed by atoms with Crippen LogP contribution < -0.4 is 10.2 Å². The van der Waals surface area contributed by atoms with Crippen molar-refractivity contribution in [3.8, 4) is 6.07 Å². The van der Waals surface area contributed by atoms with Crippen LogP contribution in [0, 0.1) is 11.3 Å². The smallest absolute Gasteiger partial charge is 0.266 e. The average Bonchev–Trinajstić information content (AvgIpc) is 3.14. The molecule has 1 aromatic carbocycles. The van der Waals surface area contributed by atoms with Crippen LogP contribution in [0.5, 0.6) is 0 Å². The maximum absolute atomic E-state index is 12.2. The zero-order chi connectivity index (χ0) is 16.8. The predicted octanol–water partition coefficient (Wildman–Crippen LogP) is 3.13. The van der Waals surface area contributed by atoms with E-state index in [9.17, 15) is 10.1 Å². The predicted molar refractivity (Wildman–Crippen MR) is 96.0 cm³/mol. The van der Waals surface area contributed by atoms with Gasteiger partial charge in [0.25, 0.3) is 5.91 Å². The third-order valence-electron chi connectivity index (χ3n) is 3.72. The van der Waals surface area contributed by atoms with Crippen LogP contribution in [0.15, 0.2) is 46.7 Å². The average molecular weight is 339 g/mol. The lowest BCUT2D eigenvalue weighted by atomic mass is 10.2. The fraction of sp³-hybridized carbons (Fsp3) is 0.222. The normalized spacial score (nSPS) is 15.0. The number of amides is 1. The molecular weight excluding hydrogens is 322 g/mol. The Morgan fingerprint density at radius 2 is 2.00 bits per heavy atom. The number of carbonyl (C=O) groups is 1. The zero-order valence-electron chi connectivity index (χ0n) is 13.1. The number of nitrogens with one attached hydrogen (secondary N) is 1. The van der Waals surface area contributed by atoms with Gasteiger partial charge in [-0.05, 0) is 52.7 Å². The maximum atomic E-state index is 12.2. The largest absolute Gasteiger partial charge is 0.378 e. The first-order chi connectivity index (χ1) is 11.8. The van der Waals surface area contributed by atoms with E-state index in [1.54, 1.807) is 6.08 Å². The Bertz CT molecular complexity index is 755. The van der Waals surface area contributed by atoms with E-state index in [1.165, 1.54) is 11.3 Å². The van der Waals surface area contributed by atoms with E-state index in [0.29, 0.717) is 5.69 Å². The molecule has 122 valence electrons. The molecule has 0 atom stereocenters. The third kappa shape index (κ3) is 4.02. The van der Waals surface area contributed by atoms with Gasteiger partial charge in [0.05, 0.1) is 13.2 Å². The van der Waals surface area contributed by atoms with Gasteiger partial charge in [0.1, 0.15) is 11.6 Å². The van der Waals surface area contributed by atoms with E-state index >= 15 is 0 Å². The van der Waals surface area contributed by atoms with Gasteiger partial charge in [0.15, 0.2) is 0 Å². The lowest BCUT2D eigenvalue weighted by Crippen LogP contribution is -2.36. The molecule has 0 bridgehead atoms. The summed E-state index contributed by atoms with van der Waals surface area (Å²) in [6.45, 7) is 3.20. The zero-order valence-corrected chi connectivity index (χ0v) is 13.9. The van der Waals surface area contributed by atoms with E-state index < -0.39 is 5.91 Å². The quantitative estimate of drug-likeness (QED) is 0.686. The third-order valence-corrected chi connectivity index (χ3v) is 4.42. The summed E-state index contributed by atoms with van der Waals surface area (Å²) in [4.78, 5) is 14.5. The van der Waals surface area contributed by atoms with Gasteiger partial charge in [0, 0.05) is 24.5 Å². The van der Waals surface area contributed by atoms with Crippen LogP contribution in [0.25, 0.3) is 6.08 Å². The molecule has 2 heterocycles. The minimum absolute atomic E-state index is 0.0886. The highest BCUT2D eigenvalue weighted by atomic mass is 32.1. The Labute approximate surface area is 144 Å². The SMILES string of the molecule is N#C/C(=C\c1ccsc1)C(=O)Nc1ccc(N2CCOCC2)cc1. The van der Waals surface area contributed by atoms with Crippen molar-refractivity contribution in [2.45, 2.75) is 0 Å². The van der Waals surface area contributed by atoms with Gasteiger partial charge in [-0.1, -0.05) is 0 Å². The molecule has 1 aromatic heterocycles. The van der Waals surface area contributed by atoms with Gasteiger partial charge in [-0.15, -0.1) is 0 Å². The van der Waals surface area contributed by atoms with Crippen molar-refractivity contribution < 1.29 is 9.53 Å². The van der Waals surface area contributed by atoms with Crippen molar-refractivity contribution in [3.05, 3.63) is 52.2 Å². The summed E-state index contributed by atoms with van der Waals surface area (Å²) in [6.07, 6.45) is 1.59. The van der Waals surface area contributed by atoms with E-state index in [4.69, 9.17) is 4.74 Å². The summed E-state index contributed by atoms with van der Waals surface area (Å²) in [6, 6.07) is 11.5. The van der Waals surface area contributed by atoms with Gasteiger partial charge < -0.3 is 15.0 Å². The van der Waals surface area contributed by atoms with Crippen molar-refractivity contribution in [1.29, 1.82) is 5.26 Å². The Morgan fingerprint density at radius 1 is 1.25 bits per heavy atom. The summed E-state index contributed by atoms with van der Waals surface area (Å²) in [5.41, 5.74) is 2.72. The van der Waals surface area contributed by atoms with Gasteiger partial charge >= 0.3 is 0 Å². The molecule has 0 spiro atoms. The second kappa shape index (κ2) is 7.77. The number of anilines is 2. The highest BCUT2D eigenvalue weighted by Crippen LogP contribution is 2.20. The Morgan fingerprint density at radius 3 is 2.62 bits per heavy atom. The molecule has 1 N–H and O–H groups in total. The first kappa shape index (κ1) is 16.2. The van der Waals surface area contributed by atoms with Crippen LogP contribution >= 0.6 is 11.3 Å². The number of thiophene rings is 1. The fourth-order valence-electron chi connectivity index (χ4n) is 2.45. The van der Waals surface area contributed by atoms with Crippen LogP contribution in [-0.4, -0.2) is 32.2 Å². The number of rotatable bonds is 4. The summed E-state index contributed by atoms with van der Waals surface area (Å²) in [5, 5.41) is 15.8. The van der Waals surface area contributed by atoms with E-state index in [0.717, 1.165) is 37.6 Å². The number of carbonyl (C=O) groups excluding carboxylic acids is 1. The number of hydrogen-bond donors (Lipinski definition) is 1. The van der Waals surface area contributed by atoms with E-state index in [-0.39, 0.29) is 5.57 Å². The summed E-state index contributed by atoms with van der Waals surface area (Å²) in [7, 11) is 0. The van der Waals surface area contributed by atoms with E-state index in [2.05, 4.69) is 10.2 Å². The molecule has 5 nitrogen and oxygen atoms in total. The molecule has 1 fully saturated rings. The number of benzene rings is 1. The Balaban J connectivity index is 1.66. The fourth-order valence-corrected chi connectivity index (χ4v) is 3.07. The van der Waals surface area contributed by atoms with Crippen LogP contribution in [0.4, 0.5) is 11.4 Å². The van der Waals surface area contributed by atoms with Crippen LogP contribution in [0.1, 0.15) is 5.56 Å². The van der Waals surface area contributed by atoms with Crippen LogP contribution in [-0.2, 0) is 9.53 Å². The molecular formula is C18H17N3O2S. The monoisotopic (exact) mass is 339 g/mol. The first-order valence-corrected chi connectivity index (χ1v) is 8.58. The number of ether oxygens (including phenoxy) is 1. The molecule has 24 heavy (non-hydrogen) atoms. The van der Waals surface area contributed by atoms with Gasteiger partial charge in [0.2, 0.25) is 0 Å². The number of nitrogens with zero attached hydrogens (tertiary/aromatic N) is 2. The van der Waals surface area contributed by atoms with Crippen molar-refractivity contribution in [3.63, 3.8) is 0 Å². The lowest BCUT2D eigenvalue weighted by Gasteiger charge is -2.28. The van der Waals surface area contributed by atoms with Crippen molar-refractivity contribution in [1.82, 2.24) is 0 Å². The Kier molecular flexibility index (Phi) is 5.26. The summed E-state index contributed by atoms with van der Waals surface area (Å²) < 4.78 is 5.34. The molecule has 0 radical (unpaired) electrons. The highest BCUT2D eigenvalue weighted by Gasteiger charge is 2.12. The molecule has 3 rings (SSSR count). The lowest BCUT2D eigenvalue weighted by molar-refractivity contribution is -0.112. The highest BCUT2D eigenvalue weighted by molar-refractivity contribution is 7.08. The molecule has 1 saturated heterocycles. The molecule has 6 heteroatoms.